The van der Waals surface area contributed by atoms with Crippen molar-refractivity contribution in [2.24, 2.45) is 5.92 Å². The number of ether oxygens (including phenoxy) is 1. The van der Waals surface area contributed by atoms with Crippen LogP contribution in [0.3, 0.4) is 0 Å². The van der Waals surface area contributed by atoms with Gasteiger partial charge in [0.25, 0.3) is 0 Å². The maximum atomic E-state index is 12.6. The average molecular weight is 222 g/mol. The van der Waals surface area contributed by atoms with Gasteiger partial charge in [0.1, 0.15) is 12.4 Å². The lowest BCUT2D eigenvalue weighted by Crippen LogP contribution is -2.33. The van der Waals surface area contributed by atoms with Gasteiger partial charge in [0.15, 0.2) is 0 Å². The van der Waals surface area contributed by atoms with Crippen LogP contribution in [0.1, 0.15) is 12.8 Å². The molecule has 2 aliphatic rings. The predicted octanol–water partition coefficient (Wildman–Crippen LogP) is 1.69. The van der Waals surface area contributed by atoms with Crippen LogP contribution in [-0.4, -0.2) is 35.6 Å². The molecule has 3 unspecified atom stereocenters. The highest BCUT2D eigenvalue weighted by atomic mass is 19.1. The van der Waals surface area contributed by atoms with E-state index < -0.39 is 5.95 Å². The number of halogens is 1. The summed E-state index contributed by atoms with van der Waals surface area (Å²) in [7, 11) is 2.16. The molecule has 0 N–H and O–H groups in total. The second-order valence-corrected chi connectivity index (χ2v) is 4.75. The lowest BCUT2D eigenvalue weighted by molar-refractivity contribution is 0.176. The van der Waals surface area contributed by atoms with Gasteiger partial charge in [-0.25, -0.2) is 4.98 Å². The number of hydrogen-bond donors (Lipinski definition) is 0. The van der Waals surface area contributed by atoms with Crippen LogP contribution in [0.5, 0.6) is 5.75 Å². The van der Waals surface area contributed by atoms with E-state index in [-0.39, 0.29) is 0 Å². The van der Waals surface area contributed by atoms with Gasteiger partial charge in [-0.15, -0.1) is 0 Å². The number of likely N-dealkylation sites (N-methyl/N-ethyl adjacent to an activating group) is 1. The van der Waals surface area contributed by atoms with Crippen LogP contribution in [0.25, 0.3) is 0 Å². The zero-order valence-corrected chi connectivity index (χ0v) is 9.27. The van der Waals surface area contributed by atoms with Crippen molar-refractivity contribution in [3.63, 3.8) is 0 Å². The van der Waals surface area contributed by atoms with E-state index in [0.29, 0.717) is 18.4 Å². The summed E-state index contributed by atoms with van der Waals surface area (Å²) >= 11 is 0. The van der Waals surface area contributed by atoms with Gasteiger partial charge in [0, 0.05) is 12.1 Å². The minimum atomic E-state index is -0.466. The molecule has 86 valence electrons. The molecule has 1 saturated heterocycles. The Morgan fingerprint density at radius 2 is 2.38 bits per heavy atom. The molecule has 4 heteroatoms. The van der Waals surface area contributed by atoms with Gasteiger partial charge in [-0.1, -0.05) is 0 Å². The smallest absolute Gasteiger partial charge is 0.213 e. The first-order valence-electron chi connectivity index (χ1n) is 5.70. The Hall–Kier alpha value is -1.16. The van der Waals surface area contributed by atoms with E-state index in [9.17, 15) is 4.39 Å². The summed E-state index contributed by atoms with van der Waals surface area (Å²) in [5.74, 6) is 1.08. The van der Waals surface area contributed by atoms with E-state index in [4.69, 9.17) is 4.74 Å². The Morgan fingerprint density at radius 1 is 1.50 bits per heavy atom. The highest BCUT2D eigenvalue weighted by molar-refractivity contribution is 5.16. The molecule has 0 aromatic carbocycles. The van der Waals surface area contributed by atoms with Crippen molar-refractivity contribution in [2.75, 3.05) is 13.7 Å². The third-order valence-corrected chi connectivity index (χ3v) is 3.70. The van der Waals surface area contributed by atoms with Gasteiger partial charge in [0.2, 0.25) is 5.95 Å². The van der Waals surface area contributed by atoms with Crippen molar-refractivity contribution >= 4 is 0 Å². The van der Waals surface area contributed by atoms with Gasteiger partial charge < -0.3 is 4.74 Å². The van der Waals surface area contributed by atoms with Gasteiger partial charge in [-0.05, 0) is 37.9 Å². The summed E-state index contributed by atoms with van der Waals surface area (Å²) in [6.45, 7) is 0.677. The van der Waals surface area contributed by atoms with Crippen molar-refractivity contribution in [1.29, 1.82) is 0 Å². The second-order valence-electron chi connectivity index (χ2n) is 4.75. The molecule has 1 aromatic rings. The number of aromatic nitrogens is 1. The zero-order valence-electron chi connectivity index (χ0n) is 9.27. The Morgan fingerprint density at radius 3 is 3.00 bits per heavy atom. The number of hydrogen-bond acceptors (Lipinski definition) is 3. The molecule has 16 heavy (non-hydrogen) atoms. The molecule has 0 bridgehead atoms. The molecule has 3 atom stereocenters. The molecule has 1 aliphatic carbocycles. The molecule has 3 rings (SSSR count). The van der Waals surface area contributed by atoms with E-state index in [1.54, 1.807) is 6.07 Å². The number of piperidine rings is 1. The zero-order chi connectivity index (χ0) is 11.1. The molecule has 3 nitrogen and oxygen atoms in total. The molecular formula is C12H15FN2O. The molecule has 0 amide bonds. The molecule has 2 fully saturated rings. The standard InChI is InChI=1S/C12H15FN2O/c1-15-9(4-8-5-11(8)15)7-16-10-2-3-12(13)14-6-10/h2-3,6,8-9,11H,4-5,7H2,1H3. The summed E-state index contributed by atoms with van der Waals surface area (Å²) in [6, 6.07) is 4.25. The number of nitrogens with zero attached hydrogens (tertiary/aromatic N) is 2. The summed E-state index contributed by atoms with van der Waals surface area (Å²) < 4.78 is 18.2. The van der Waals surface area contributed by atoms with Gasteiger partial charge in [-0.2, -0.15) is 4.39 Å². The lowest BCUT2D eigenvalue weighted by atomic mass is 10.2. The van der Waals surface area contributed by atoms with Gasteiger partial charge >= 0.3 is 0 Å². The fourth-order valence-corrected chi connectivity index (χ4v) is 2.60. The lowest BCUT2D eigenvalue weighted by Gasteiger charge is -2.22. The van der Waals surface area contributed by atoms with Crippen LogP contribution in [0.15, 0.2) is 18.3 Å². The van der Waals surface area contributed by atoms with E-state index in [0.717, 1.165) is 12.0 Å². The largest absolute Gasteiger partial charge is 0.490 e. The second kappa shape index (κ2) is 3.70. The van der Waals surface area contributed by atoms with Crippen LogP contribution in [0.4, 0.5) is 4.39 Å². The van der Waals surface area contributed by atoms with Crippen molar-refractivity contribution in [3.8, 4) is 5.75 Å². The van der Waals surface area contributed by atoms with Crippen molar-refractivity contribution in [1.82, 2.24) is 9.88 Å². The maximum absolute atomic E-state index is 12.6. The summed E-state index contributed by atoms with van der Waals surface area (Å²) in [6.07, 6.45) is 4.02. The first-order valence-corrected chi connectivity index (χ1v) is 5.70. The summed E-state index contributed by atoms with van der Waals surface area (Å²) in [5.41, 5.74) is 0. The third kappa shape index (κ3) is 1.78. The fourth-order valence-electron chi connectivity index (χ4n) is 2.60. The molecule has 1 aromatic heterocycles. The van der Waals surface area contributed by atoms with E-state index in [1.165, 1.54) is 25.1 Å². The van der Waals surface area contributed by atoms with Crippen LogP contribution >= 0.6 is 0 Å². The highest BCUT2D eigenvalue weighted by Crippen LogP contribution is 2.46. The van der Waals surface area contributed by atoms with Crippen molar-refractivity contribution < 1.29 is 9.13 Å². The van der Waals surface area contributed by atoms with Gasteiger partial charge in [0.05, 0.1) is 6.20 Å². The molecule has 1 saturated carbocycles. The van der Waals surface area contributed by atoms with Crippen LogP contribution in [0.2, 0.25) is 0 Å². The number of pyridine rings is 1. The van der Waals surface area contributed by atoms with E-state index >= 15 is 0 Å². The number of rotatable bonds is 3. The highest BCUT2D eigenvalue weighted by Gasteiger charge is 2.50. The molecule has 1 aliphatic heterocycles. The minimum absolute atomic E-state index is 0.466. The van der Waals surface area contributed by atoms with Crippen LogP contribution in [-0.2, 0) is 0 Å². The Labute approximate surface area is 94.2 Å². The van der Waals surface area contributed by atoms with Crippen molar-refractivity contribution in [3.05, 3.63) is 24.3 Å². The summed E-state index contributed by atoms with van der Waals surface area (Å²) in [5, 5.41) is 0. The quantitative estimate of drug-likeness (QED) is 0.728. The molecule has 2 heterocycles. The van der Waals surface area contributed by atoms with Crippen LogP contribution < -0.4 is 4.74 Å². The normalized spacial score (nSPS) is 32.5. The SMILES string of the molecule is CN1C(COc2ccc(F)nc2)CC2CC21. The first-order chi connectivity index (χ1) is 7.74. The molecule has 0 radical (unpaired) electrons. The Bertz CT molecular complexity index is 381. The predicted molar refractivity (Wildman–Crippen MR) is 57.8 cm³/mol. The number of likely N-dealkylation sites (tertiary alicyclic amines) is 1. The monoisotopic (exact) mass is 222 g/mol. The third-order valence-electron chi connectivity index (χ3n) is 3.70. The first kappa shape index (κ1) is 10.0. The minimum Gasteiger partial charge on any atom is -0.490 e. The topological polar surface area (TPSA) is 25.4 Å². The Balaban J connectivity index is 1.55. The van der Waals surface area contributed by atoms with E-state index in [2.05, 4.69) is 16.9 Å². The van der Waals surface area contributed by atoms with Crippen LogP contribution in [0, 0.1) is 11.9 Å². The Kier molecular flexibility index (Phi) is 2.32. The fraction of sp³-hybridized carbons (Fsp3) is 0.583. The summed E-state index contributed by atoms with van der Waals surface area (Å²) in [4.78, 5) is 5.97. The van der Waals surface area contributed by atoms with E-state index in [1.807, 2.05) is 0 Å². The average Bonchev–Trinajstić information content (AvgIpc) is 2.99. The van der Waals surface area contributed by atoms with Gasteiger partial charge in [-0.3, -0.25) is 4.90 Å². The maximum Gasteiger partial charge on any atom is 0.213 e. The number of fused-ring (bicyclic) bond motifs is 1. The molecule has 0 spiro atoms. The molecular weight excluding hydrogens is 207 g/mol. The van der Waals surface area contributed by atoms with Crippen molar-refractivity contribution in [2.45, 2.75) is 24.9 Å².